The number of hydrogen-bond acceptors (Lipinski definition) is 4. The minimum atomic E-state index is -0.0720. The van der Waals surface area contributed by atoms with E-state index in [0.717, 1.165) is 38.1 Å². The first kappa shape index (κ1) is 17.4. The number of hydrogen-bond donors (Lipinski definition) is 0. The molecule has 27 heavy (non-hydrogen) atoms. The standard InChI is InChI=1S/C21H23N5O/c27-20-16-26-21(22-23-24-26)19(14-13-18-10-5-2-6-11-18)25(20)15-7-12-17-8-3-1-4-9-17/h1-6,8-11,19H,7,12-16H2. The molecule has 1 aliphatic rings. The summed E-state index contributed by atoms with van der Waals surface area (Å²) in [6, 6.07) is 20.7. The summed E-state index contributed by atoms with van der Waals surface area (Å²) in [5, 5.41) is 12.0. The van der Waals surface area contributed by atoms with Crippen LogP contribution < -0.4 is 0 Å². The Morgan fingerprint density at radius 3 is 2.30 bits per heavy atom. The van der Waals surface area contributed by atoms with Gasteiger partial charge in [-0.2, -0.15) is 0 Å². The molecule has 0 radical (unpaired) electrons. The van der Waals surface area contributed by atoms with Crippen LogP contribution in [0.15, 0.2) is 60.7 Å². The third-order valence-corrected chi connectivity index (χ3v) is 5.10. The highest BCUT2D eigenvalue weighted by molar-refractivity contribution is 5.77. The summed E-state index contributed by atoms with van der Waals surface area (Å²) in [6.07, 6.45) is 3.60. The second kappa shape index (κ2) is 8.12. The van der Waals surface area contributed by atoms with Crippen molar-refractivity contribution in [1.29, 1.82) is 0 Å². The first-order chi connectivity index (χ1) is 13.3. The number of aryl methyl sites for hydroxylation is 2. The van der Waals surface area contributed by atoms with Crippen LogP contribution in [-0.4, -0.2) is 37.6 Å². The Morgan fingerprint density at radius 2 is 1.59 bits per heavy atom. The number of nitrogens with zero attached hydrogens (tertiary/aromatic N) is 5. The molecule has 1 amide bonds. The molecule has 6 heteroatoms. The molecule has 1 aromatic heterocycles. The summed E-state index contributed by atoms with van der Waals surface area (Å²) in [7, 11) is 0. The number of amides is 1. The molecule has 0 N–H and O–H groups in total. The fraction of sp³-hybridized carbons (Fsp3) is 0.333. The third-order valence-electron chi connectivity index (χ3n) is 5.10. The summed E-state index contributed by atoms with van der Waals surface area (Å²) >= 11 is 0. The van der Waals surface area contributed by atoms with Gasteiger partial charge in [0.15, 0.2) is 5.82 Å². The smallest absolute Gasteiger partial charge is 0.245 e. The second-order valence-electron chi connectivity index (χ2n) is 6.91. The van der Waals surface area contributed by atoms with E-state index in [0.29, 0.717) is 0 Å². The van der Waals surface area contributed by atoms with E-state index in [-0.39, 0.29) is 18.5 Å². The van der Waals surface area contributed by atoms with E-state index < -0.39 is 0 Å². The Morgan fingerprint density at radius 1 is 0.926 bits per heavy atom. The molecule has 0 spiro atoms. The Bertz CT molecular complexity index is 878. The molecule has 2 heterocycles. The summed E-state index contributed by atoms with van der Waals surface area (Å²) < 4.78 is 1.64. The van der Waals surface area contributed by atoms with Gasteiger partial charge in [-0.05, 0) is 47.2 Å². The number of benzene rings is 2. The zero-order chi connectivity index (χ0) is 18.5. The normalized spacial score (nSPS) is 16.4. The summed E-state index contributed by atoms with van der Waals surface area (Å²) in [5.74, 6) is 0.895. The number of carbonyl (C=O) groups excluding carboxylic acids is 1. The molecule has 0 bridgehead atoms. The van der Waals surface area contributed by atoms with Gasteiger partial charge < -0.3 is 4.90 Å². The highest BCUT2D eigenvalue weighted by atomic mass is 16.2. The van der Waals surface area contributed by atoms with Crippen LogP contribution >= 0.6 is 0 Å². The molecule has 3 aromatic rings. The van der Waals surface area contributed by atoms with E-state index in [4.69, 9.17) is 0 Å². The number of tetrazole rings is 1. The number of rotatable bonds is 7. The van der Waals surface area contributed by atoms with Crippen LogP contribution in [0.1, 0.15) is 35.8 Å². The Balaban J connectivity index is 1.46. The van der Waals surface area contributed by atoms with Gasteiger partial charge in [-0.15, -0.1) is 5.10 Å². The van der Waals surface area contributed by atoms with E-state index in [9.17, 15) is 4.79 Å². The van der Waals surface area contributed by atoms with Crippen LogP contribution in [0.3, 0.4) is 0 Å². The predicted octanol–water partition coefficient (Wildman–Crippen LogP) is 2.82. The molecule has 6 nitrogen and oxygen atoms in total. The average Bonchev–Trinajstić information content (AvgIpc) is 3.17. The van der Waals surface area contributed by atoms with Crippen molar-refractivity contribution in [3.05, 3.63) is 77.6 Å². The summed E-state index contributed by atoms with van der Waals surface area (Å²) in [5.41, 5.74) is 2.56. The largest absolute Gasteiger partial charge is 0.331 e. The maximum atomic E-state index is 12.7. The van der Waals surface area contributed by atoms with Crippen molar-refractivity contribution in [3.63, 3.8) is 0 Å². The van der Waals surface area contributed by atoms with E-state index in [2.05, 4.69) is 51.9 Å². The van der Waals surface area contributed by atoms with Crippen LogP contribution in [0.2, 0.25) is 0 Å². The fourth-order valence-corrected chi connectivity index (χ4v) is 3.71. The lowest BCUT2D eigenvalue weighted by atomic mass is 10.0. The van der Waals surface area contributed by atoms with Crippen LogP contribution in [0.5, 0.6) is 0 Å². The Kier molecular flexibility index (Phi) is 5.23. The van der Waals surface area contributed by atoms with Crippen molar-refractivity contribution in [3.8, 4) is 0 Å². The van der Waals surface area contributed by atoms with Gasteiger partial charge in [-0.25, -0.2) is 4.68 Å². The van der Waals surface area contributed by atoms with Gasteiger partial charge in [0.25, 0.3) is 0 Å². The van der Waals surface area contributed by atoms with Gasteiger partial charge >= 0.3 is 0 Å². The molecule has 0 saturated heterocycles. The average molecular weight is 361 g/mol. The van der Waals surface area contributed by atoms with Crippen molar-refractivity contribution in [1.82, 2.24) is 25.1 Å². The molecule has 1 atom stereocenters. The lowest BCUT2D eigenvalue weighted by molar-refractivity contribution is -0.137. The maximum Gasteiger partial charge on any atom is 0.245 e. The molecule has 2 aromatic carbocycles. The zero-order valence-electron chi connectivity index (χ0n) is 15.2. The molecule has 0 saturated carbocycles. The fourth-order valence-electron chi connectivity index (χ4n) is 3.71. The molecule has 0 fully saturated rings. The lowest BCUT2D eigenvalue weighted by Crippen LogP contribution is -2.44. The zero-order valence-corrected chi connectivity index (χ0v) is 15.2. The molecular weight excluding hydrogens is 338 g/mol. The van der Waals surface area contributed by atoms with Gasteiger partial charge in [-0.3, -0.25) is 4.79 Å². The molecule has 0 aliphatic carbocycles. The van der Waals surface area contributed by atoms with Gasteiger partial charge in [0.2, 0.25) is 5.91 Å². The highest BCUT2D eigenvalue weighted by Crippen LogP contribution is 2.28. The van der Waals surface area contributed by atoms with E-state index in [1.54, 1.807) is 4.68 Å². The van der Waals surface area contributed by atoms with E-state index >= 15 is 0 Å². The van der Waals surface area contributed by atoms with Crippen molar-refractivity contribution < 1.29 is 4.79 Å². The van der Waals surface area contributed by atoms with Crippen molar-refractivity contribution >= 4 is 5.91 Å². The van der Waals surface area contributed by atoms with Crippen molar-refractivity contribution in [2.45, 2.75) is 38.3 Å². The van der Waals surface area contributed by atoms with Gasteiger partial charge in [0.05, 0.1) is 6.04 Å². The van der Waals surface area contributed by atoms with Crippen molar-refractivity contribution in [2.75, 3.05) is 6.54 Å². The summed E-state index contributed by atoms with van der Waals surface area (Å²) in [4.78, 5) is 14.7. The topological polar surface area (TPSA) is 63.9 Å². The van der Waals surface area contributed by atoms with E-state index in [1.165, 1.54) is 11.1 Å². The highest BCUT2D eigenvalue weighted by Gasteiger charge is 2.34. The van der Waals surface area contributed by atoms with Gasteiger partial charge in [-0.1, -0.05) is 60.7 Å². The summed E-state index contributed by atoms with van der Waals surface area (Å²) in [6.45, 7) is 0.954. The van der Waals surface area contributed by atoms with Crippen LogP contribution in [-0.2, 0) is 24.2 Å². The van der Waals surface area contributed by atoms with Crippen LogP contribution in [0.4, 0.5) is 0 Å². The quantitative estimate of drug-likeness (QED) is 0.649. The molecular formula is C21H23N5O. The number of aromatic nitrogens is 4. The molecule has 1 unspecified atom stereocenters. The lowest BCUT2D eigenvalue weighted by Gasteiger charge is -2.34. The molecule has 138 valence electrons. The Labute approximate surface area is 158 Å². The molecule has 4 rings (SSSR count). The second-order valence-corrected chi connectivity index (χ2v) is 6.91. The van der Waals surface area contributed by atoms with Crippen LogP contribution in [0.25, 0.3) is 0 Å². The third kappa shape index (κ3) is 4.05. The first-order valence-electron chi connectivity index (χ1n) is 9.44. The first-order valence-corrected chi connectivity index (χ1v) is 9.44. The van der Waals surface area contributed by atoms with E-state index in [1.807, 2.05) is 29.2 Å². The monoisotopic (exact) mass is 361 g/mol. The number of fused-ring (bicyclic) bond motifs is 1. The molecule has 1 aliphatic heterocycles. The van der Waals surface area contributed by atoms with Gasteiger partial charge in [0.1, 0.15) is 6.54 Å². The maximum absolute atomic E-state index is 12.7. The van der Waals surface area contributed by atoms with Gasteiger partial charge in [0, 0.05) is 6.54 Å². The predicted molar refractivity (Wildman–Crippen MR) is 102 cm³/mol. The Hall–Kier alpha value is -3.02. The minimum absolute atomic E-state index is 0.0720. The van der Waals surface area contributed by atoms with Crippen molar-refractivity contribution in [2.24, 2.45) is 0 Å². The number of carbonyl (C=O) groups is 1. The SMILES string of the molecule is O=C1Cn2nnnc2C(CCc2ccccc2)N1CCCc1ccccc1. The van der Waals surface area contributed by atoms with Crippen LogP contribution in [0, 0.1) is 0 Å². The minimum Gasteiger partial charge on any atom is -0.331 e.